The zero-order valence-electron chi connectivity index (χ0n) is 11.1. The predicted molar refractivity (Wildman–Crippen MR) is 76.9 cm³/mol. The third-order valence-corrected chi connectivity index (χ3v) is 5.26. The van der Waals surface area contributed by atoms with Crippen LogP contribution in [0.5, 0.6) is 0 Å². The smallest absolute Gasteiger partial charge is 0.0248 e. The lowest BCUT2D eigenvalue weighted by molar-refractivity contribution is 0.405. The molecule has 2 unspecified atom stereocenters. The van der Waals surface area contributed by atoms with E-state index in [-0.39, 0.29) is 0 Å². The van der Waals surface area contributed by atoms with Gasteiger partial charge in [-0.15, -0.1) is 11.8 Å². The van der Waals surface area contributed by atoms with Gasteiger partial charge in [0.1, 0.15) is 0 Å². The summed E-state index contributed by atoms with van der Waals surface area (Å²) in [5.41, 5.74) is 2.79. The number of rotatable bonds is 3. The largest absolute Gasteiger partial charge is 0.316 e. The average Bonchev–Trinajstić information content (AvgIpc) is 2.33. The van der Waals surface area contributed by atoms with Crippen LogP contribution in [0.4, 0.5) is 0 Å². The maximum atomic E-state index is 3.48. The van der Waals surface area contributed by atoms with Gasteiger partial charge in [-0.25, -0.2) is 0 Å². The standard InChI is InChI=1S/C15H23NS/c1-11-8-9-14(12(2)10-11)17-15-7-5-4-6-13(15)16-3/h8-10,13,15-16H,4-7H2,1-3H3. The molecule has 17 heavy (non-hydrogen) atoms. The minimum atomic E-state index is 0.689. The van der Waals surface area contributed by atoms with Crippen LogP contribution < -0.4 is 5.32 Å². The van der Waals surface area contributed by atoms with Crippen molar-refractivity contribution in [2.24, 2.45) is 0 Å². The van der Waals surface area contributed by atoms with E-state index in [1.807, 2.05) is 0 Å². The zero-order chi connectivity index (χ0) is 12.3. The number of hydrogen-bond acceptors (Lipinski definition) is 2. The van der Waals surface area contributed by atoms with Gasteiger partial charge in [-0.1, -0.05) is 30.5 Å². The number of benzene rings is 1. The van der Waals surface area contributed by atoms with Crippen LogP contribution in [0.1, 0.15) is 36.8 Å². The third kappa shape index (κ3) is 3.26. The van der Waals surface area contributed by atoms with E-state index >= 15 is 0 Å². The molecule has 2 heteroatoms. The van der Waals surface area contributed by atoms with Crippen LogP contribution >= 0.6 is 11.8 Å². The maximum Gasteiger partial charge on any atom is 0.0248 e. The topological polar surface area (TPSA) is 12.0 Å². The van der Waals surface area contributed by atoms with E-state index in [2.05, 4.69) is 56.2 Å². The molecule has 94 valence electrons. The molecule has 0 heterocycles. The Hall–Kier alpha value is -0.470. The molecule has 0 aliphatic heterocycles. The highest BCUT2D eigenvalue weighted by molar-refractivity contribution is 8.00. The molecule has 1 aliphatic carbocycles. The molecule has 2 atom stereocenters. The van der Waals surface area contributed by atoms with Crippen molar-refractivity contribution in [2.45, 2.75) is 55.7 Å². The van der Waals surface area contributed by atoms with Gasteiger partial charge in [0.05, 0.1) is 0 Å². The number of aryl methyl sites for hydroxylation is 2. The maximum absolute atomic E-state index is 3.48. The number of hydrogen-bond donors (Lipinski definition) is 1. The van der Waals surface area contributed by atoms with Crippen LogP contribution in [0.15, 0.2) is 23.1 Å². The Morgan fingerprint density at radius 3 is 2.65 bits per heavy atom. The summed E-state index contributed by atoms with van der Waals surface area (Å²) >= 11 is 2.07. The zero-order valence-corrected chi connectivity index (χ0v) is 11.9. The van der Waals surface area contributed by atoms with Crippen molar-refractivity contribution in [1.29, 1.82) is 0 Å². The summed E-state index contributed by atoms with van der Waals surface area (Å²) in [4.78, 5) is 1.46. The van der Waals surface area contributed by atoms with Crippen LogP contribution in [0.3, 0.4) is 0 Å². The SMILES string of the molecule is CNC1CCCCC1Sc1ccc(C)cc1C. The van der Waals surface area contributed by atoms with Crippen molar-refractivity contribution in [1.82, 2.24) is 5.32 Å². The van der Waals surface area contributed by atoms with Gasteiger partial charge >= 0.3 is 0 Å². The van der Waals surface area contributed by atoms with Gasteiger partial charge in [0.2, 0.25) is 0 Å². The molecule has 0 aromatic heterocycles. The second-order valence-corrected chi connectivity index (χ2v) is 6.39. The quantitative estimate of drug-likeness (QED) is 0.871. The fourth-order valence-electron chi connectivity index (χ4n) is 2.66. The van der Waals surface area contributed by atoms with E-state index in [0.29, 0.717) is 6.04 Å². The molecule has 1 nitrogen and oxygen atoms in total. The third-order valence-electron chi connectivity index (χ3n) is 3.68. The van der Waals surface area contributed by atoms with Crippen molar-refractivity contribution < 1.29 is 0 Å². The molecular weight excluding hydrogens is 226 g/mol. The molecule has 0 bridgehead atoms. The van der Waals surface area contributed by atoms with Crippen LogP contribution in [-0.4, -0.2) is 18.3 Å². The normalized spacial score (nSPS) is 24.9. The van der Waals surface area contributed by atoms with E-state index in [1.54, 1.807) is 0 Å². The Bertz CT molecular complexity index is 375. The summed E-state index contributed by atoms with van der Waals surface area (Å²) in [6, 6.07) is 7.50. The minimum absolute atomic E-state index is 0.689. The van der Waals surface area contributed by atoms with Crippen LogP contribution in [0.25, 0.3) is 0 Å². The Balaban J connectivity index is 2.08. The Morgan fingerprint density at radius 1 is 1.18 bits per heavy atom. The van der Waals surface area contributed by atoms with Gasteiger partial charge in [0.25, 0.3) is 0 Å². The first-order valence-corrected chi connectivity index (χ1v) is 7.50. The first-order valence-electron chi connectivity index (χ1n) is 6.62. The molecule has 1 aromatic carbocycles. The first-order chi connectivity index (χ1) is 8.20. The average molecular weight is 249 g/mol. The van der Waals surface area contributed by atoms with E-state index in [1.165, 1.54) is 41.7 Å². The van der Waals surface area contributed by atoms with Gasteiger partial charge in [-0.2, -0.15) is 0 Å². The van der Waals surface area contributed by atoms with Gasteiger partial charge in [0.15, 0.2) is 0 Å². The molecule has 2 rings (SSSR count). The molecule has 1 aliphatic rings. The fourth-order valence-corrected chi connectivity index (χ4v) is 4.10. The monoisotopic (exact) mass is 249 g/mol. The molecule has 1 saturated carbocycles. The highest BCUT2D eigenvalue weighted by atomic mass is 32.2. The van der Waals surface area contributed by atoms with Crippen molar-refractivity contribution in [3.63, 3.8) is 0 Å². The van der Waals surface area contributed by atoms with Crippen molar-refractivity contribution >= 4 is 11.8 Å². The van der Waals surface area contributed by atoms with Gasteiger partial charge in [0, 0.05) is 16.2 Å². The molecule has 1 fully saturated rings. The van der Waals surface area contributed by atoms with E-state index in [4.69, 9.17) is 0 Å². The highest BCUT2D eigenvalue weighted by Crippen LogP contribution is 2.35. The van der Waals surface area contributed by atoms with E-state index in [0.717, 1.165) is 5.25 Å². The summed E-state index contributed by atoms with van der Waals surface area (Å²) in [6.07, 6.45) is 5.46. The lowest BCUT2D eigenvalue weighted by Crippen LogP contribution is -2.38. The van der Waals surface area contributed by atoms with Crippen molar-refractivity contribution in [3.05, 3.63) is 29.3 Å². The molecule has 0 radical (unpaired) electrons. The molecular formula is C15H23NS. The van der Waals surface area contributed by atoms with Crippen LogP contribution in [0, 0.1) is 13.8 Å². The molecule has 1 aromatic rings. The molecule has 0 amide bonds. The summed E-state index contributed by atoms with van der Waals surface area (Å²) in [7, 11) is 2.10. The lowest BCUT2D eigenvalue weighted by Gasteiger charge is -2.31. The predicted octanol–water partition coefficient (Wildman–Crippen LogP) is 3.93. The van der Waals surface area contributed by atoms with E-state index < -0.39 is 0 Å². The summed E-state index contributed by atoms with van der Waals surface area (Å²) < 4.78 is 0. The van der Waals surface area contributed by atoms with Crippen molar-refractivity contribution in [3.8, 4) is 0 Å². The number of nitrogens with one attached hydrogen (secondary N) is 1. The van der Waals surface area contributed by atoms with Gasteiger partial charge in [-0.3, -0.25) is 0 Å². The van der Waals surface area contributed by atoms with Gasteiger partial charge < -0.3 is 5.32 Å². The summed E-state index contributed by atoms with van der Waals surface area (Å²) in [5.74, 6) is 0. The minimum Gasteiger partial charge on any atom is -0.316 e. The second kappa shape index (κ2) is 5.92. The molecule has 0 saturated heterocycles. The van der Waals surface area contributed by atoms with Crippen LogP contribution in [-0.2, 0) is 0 Å². The summed E-state index contributed by atoms with van der Waals surface area (Å²) in [5, 5.41) is 4.23. The van der Waals surface area contributed by atoms with Crippen LogP contribution in [0.2, 0.25) is 0 Å². The second-order valence-electron chi connectivity index (χ2n) is 5.10. The van der Waals surface area contributed by atoms with Crippen molar-refractivity contribution in [2.75, 3.05) is 7.05 Å². The first kappa shape index (κ1) is 13.0. The Morgan fingerprint density at radius 2 is 1.94 bits per heavy atom. The van der Waals surface area contributed by atoms with E-state index in [9.17, 15) is 0 Å². The Labute approximate surface area is 109 Å². The summed E-state index contributed by atoms with van der Waals surface area (Å²) in [6.45, 7) is 4.39. The molecule has 0 spiro atoms. The molecule has 1 N–H and O–H groups in total. The lowest BCUT2D eigenvalue weighted by atomic mass is 9.95. The highest BCUT2D eigenvalue weighted by Gasteiger charge is 2.24. The fraction of sp³-hybridized carbons (Fsp3) is 0.600. The Kier molecular flexibility index (Phi) is 4.52. The van der Waals surface area contributed by atoms with Gasteiger partial charge in [-0.05, 0) is 45.4 Å². The number of thioether (sulfide) groups is 1.